The van der Waals surface area contributed by atoms with E-state index in [9.17, 15) is 19.5 Å². The van der Waals surface area contributed by atoms with Crippen molar-refractivity contribution in [2.24, 2.45) is 0 Å². The molecule has 1 aromatic heterocycles. The molecule has 0 saturated carbocycles. The van der Waals surface area contributed by atoms with Crippen LogP contribution in [0.5, 0.6) is 5.75 Å². The van der Waals surface area contributed by atoms with Crippen molar-refractivity contribution >= 4 is 17.5 Å². The molecular formula is C20H24ClN3O6. The van der Waals surface area contributed by atoms with E-state index in [-0.39, 0.29) is 13.0 Å². The van der Waals surface area contributed by atoms with Crippen LogP contribution >= 0.6 is 11.6 Å². The number of carbonyl (C=O) groups excluding carboxylic acids is 1. The van der Waals surface area contributed by atoms with Crippen LogP contribution in [0.4, 0.5) is 0 Å². The zero-order valence-electron chi connectivity index (χ0n) is 16.6. The monoisotopic (exact) mass is 437 g/mol. The summed E-state index contributed by atoms with van der Waals surface area (Å²) in [5.74, 6) is -0.00754. The van der Waals surface area contributed by atoms with Gasteiger partial charge in [-0.25, -0.2) is 4.79 Å². The Balaban J connectivity index is 1.59. The highest BCUT2D eigenvalue weighted by molar-refractivity contribution is 6.32. The normalized spacial score (nSPS) is 21.9. The minimum atomic E-state index is -0.890. The summed E-state index contributed by atoms with van der Waals surface area (Å²) in [7, 11) is 0. The maximum atomic E-state index is 12.3. The van der Waals surface area contributed by atoms with Gasteiger partial charge < -0.3 is 19.9 Å². The highest BCUT2D eigenvalue weighted by Crippen LogP contribution is 2.27. The number of aromatic amines is 1. The number of rotatable bonds is 7. The van der Waals surface area contributed by atoms with E-state index in [1.807, 2.05) is 0 Å². The molecule has 30 heavy (non-hydrogen) atoms. The molecule has 1 unspecified atom stereocenters. The fraction of sp³-hybridized carbons (Fsp3) is 0.450. The molecule has 1 aliphatic rings. The maximum absolute atomic E-state index is 12.3. The summed E-state index contributed by atoms with van der Waals surface area (Å²) < 4.78 is 12.6. The fourth-order valence-corrected chi connectivity index (χ4v) is 3.37. The number of hydrogen-bond donors (Lipinski definition) is 3. The lowest BCUT2D eigenvalue weighted by atomic mass is 10.1. The number of benzene rings is 1. The highest BCUT2D eigenvalue weighted by Gasteiger charge is 2.36. The van der Waals surface area contributed by atoms with Gasteiger partial charge in [0.05, 0.1) is 11.1 Å². The van der Waals surface area contributed by atoms with Crippen LogP contribution in [-0.4, -0.2) is 45.4 Å². The molecule has 3 rings (SSSR count). The SMILES string of the molecule is CCc1cn([C@H]2C[C@H](O)[C@@H](CNC(=O)C(C)Oc3ccccc3Cl)O2)c(=O)[nH]c1=O. The lowest BCUT2D eigenvalue weighted by molar-refractivity contribution is -0.128. The van der Waals surface area contributed by atoms with Gasteiger partial charge in [-0.1, -0.05) is 30.7 Å². The molecule has 0 spiro atoms. The molecule has 4 atom stereocenters. The first-order valence-corrected chi connectivity index (χ1v) is 10.0. The maximum Gasteiger partial charge on any atom is 0.330 e. The summed E-state index contributed by atoms with van der Waals surface area (Å²) in [4.78, 5) is 38.4. The van der Waals surface area contributed by atoms with E-state index in [2.05, 4.69) is 10.3 Å². The number of para-hydroxylation sites is 1. The third kappa shape index (κ3) is 4.92. The van der Waals surface area contributed by atoms with Crippen LogP contribution in [0.25, 0.3) is 0 Å². The van der Waals surface area contributed by atoms with Crippen LogP contribution in [-0.2, 0) is 16.0 Å². The van der Waals surface area contributed by atoms with Gasteiger partial charge in [-0.2, -0.15) is 0 Å². The van der Waals surface area contributed by atoms with Gasteiger partial charge in [0.1, 0.15) is 18.1 Å². The number of hydrogen-bond acceptors (Lipinski definition) is 6. The molecular weight excluding hydrogens is 414 g/mol. The first kappa shape index (κ1) is 22.1. The number of halogens is 1. The van der Waals surface area contributed by atoms with Gasteiger partial charge in [-0.05, 0) is 25.5 Å². The second-order valence-electron chi connectivity index (χ2n) is 7.04. The van der Waals surface area contributed by atoms with E-state index in [0.29, 0.717) is 22.8 Å². The number of amides is 1. The van der Waals surface area contributed by atoms with Crippen molar-refractivity contribution in [1.29, 1.82) is 0 Å². The first-order valence-electron chi connectivity index (χ1n) is 9.67. The van der Waals surface area contributed by atoms with Crippen LogP contribution < -0.4 is 21.3 Å². The molecule has 2 heterocycles. The van der Waals surface area contributed by atoms with E-state index in [1.54, 1.807) is 38.1 Å². The topological polar surface area (TPSA) is 123 Å². The summed E-state index contributed by atoms with van der Waals surface area (Å²) in [6.45, 7) is 3.42. The van der Waals surface area contributed by atoms with Crippen molar-refractivity contribution in [2.75, 3.05) is 6.54 Å². The molecule has 1 amide bonds. The van der Waals surface area contributed by atoms with Crippen molar-refractivity contribution in [3.05, 3.63) is 61.9 Å². The summed E-state index contributed by atoms with van der Waals surface area (Å²) in [6, 6.07) is 6.82. The molecule has 1 aliphatic heterocycles. The van der Waals surface area contributed by atoms with E-state index < -0.39 is 41.7 Å². The van der Waals surface area contributed by atoms with Crippen molar-refractivity contribution < 1.29 is 19.4 Å². The zero-order valence-corrected chi connectivity index (χ0v) is 17.4. The lowest BCUT2D eigenvalue weighted by Crippen LogP contribution is -2.42. The Morgan fingerprint density at radius 1 is 1.43 bits per heavy atom. The van der Waals surface area contributed by atoms with Gasteiger partial charge in [0.15, 0.2) is 6.10 Å². The van der Waals surface area contributed by atoms with Gasteiger partial charge in [-0.15, -0.1) is 0 Å². The summed E-state index contributed by atoms with van der Waals surface area (Å²) in [5, 5.41) is 13.4. The predicted molar refractivity (Wildman–Crippen MR) is 110 cm³/mol. The minimum Gasteiger partial charge on any atom is -0.479 e. The van der Waals surface area contributed by atoms with Crippen LogP contribution in [0.1, 0.15) is 32.1 Å². The van der Waals surface area contributed by atoms with Crippen molar-refractivity contribution in [3.63, 3.8) is 0 Å². The second kappa shape index (κ2) is 9.46. The molecule has 2 aromatic rings. The fourth-order valence-electron chi connectivity index (χ4n) is 3.19. The quantitative estimate of drug-likeness (QED) is 0.593. The number of aromatic nitrogens is 2. The number of carbonyl (C=O) groups is 1. The number of ether oxygens (including phenoxy) is 2. The van der Waals surface area contributed by atoms with E-state index in [4.69, 9.17) is 21.1 Å². The summed E-state index contributed by atoms with van der Waals surface area (Å²) >= 11 is 6.03. The van der Waals surface area contributed by atoms with E-state index >= 15 is 0 Å². The number of aliphatic hydroxyl groups excluding tert-OH is 1. The Kier molecular flexibility index (Phi) is 6.96. The third-order valence-electron chi connectivity index (χ3n) is 4.92. The molecule has 1 saturated heterocycles. The minimum absolute atomic E-state index is 0.0332. The second-order valence-corrected chi connectivity index (χ2v) is 7.45. The molecule has 1 fully saturated rings. The number of H-pyrrole nitrogens is 1. The summed E-state index contributed by atoms with van der Waals surface area (Å²) in [5.41, 5.74) is -0.607. The Hall–Kier alpha value is -2.62. The molecule has 3 N–H and O–H groups in total. The van der Waals surface area contributed by atoms with E-state index in [0.717, 1.165) is 0 Å². The predicted octanol–water partition coefficient (Wildman–Crippen LogP) is 0.984. The molecule has 1 aromatic carbocycles. The van der Waals surface area contributed by atoms with Crippen molar-refractivity contribution in [1.82, 2.24) is 14.9 Å². The van der Waals surface area contributed by atoms with Gasteiger partial charge in [0.25, 0.3) is 11.5 Å². The van der Waals surface area contributed by atoms with E-state index in [1.165, 1.54) is 10.8 Å². The van der Waals surface area contributed by atoms with Gasteiger partial charge in [0, 0.05) is 24.7 Å². The van der Waals surface area contributed by atoms with Gasteiger partial charge in [0.2, 0.25) is 0 Å². The molecule has 0 radical (unpaired) electrons. The van der Waals surface area contributed by atoms with Crippen molar-refractivity contribution in [3.8, 4) is 5.75 Å². The van der Waals surface area contributed by atoms with Crippen LogP contribution in [0.2, 0.25) is 5.02 Å². The van der Waals surface area contributed by atoms with Gasteiger partial charge in [-0.3, -0.25) is 19.1 Å². The number of aliphatic hydroxyl groups is 1. The van der Waals surface area contributed by atoms with Gasteiger partial charge >= 0.3 is 5.69 Å². The average Bonchev–Trinajstić information content (AvgIpc) is 3.08. The number of nitrogens with one attached hydrogen (secondary N) is 2. The zero-order chi connectivity index (χ0) is 21.8. The largest absolute Gasteiger partial charge is 0.479 e. The Morgan fingerprint density at radius 2 is 2.17 bits per heavy atom. The van der Waals surface area contributed by atoms with Crippen molar-refractivity contribution in [2.45, 2.75) is 51.2 Å². The number of aryl methyl sites for hydroxylation is 1. The third-order valence-corrected chi connectivity index (χ3v) is 5.24. The Bertz CT molecular complexity index is 1020. The molecule has 0 bridgehead atoms. The van der Waals surface area contributed by atoms with Crippen LogP contribution in [0, 0.1) is 0 Å². The summed E-state index contributed by atoms with van der Waals surface area (Å²) in [6.07, 6.45) is -1.11. The number of nitrogens with zero attached hydrogens (tertiary/aromatic N) is 1. The Morgan fingerprint density at radius 3 is 2.87 bits per heavy atom. The molecule has 9 nitrogen and oxygen atoms in total. The molecule has 0 aliphatic carbocycles. The standard InChI is InChI=1S/C20H24ClN3O6/c1-3-12-10-24(20(28)23-19(12)27)17-8-14(25)16(30-17)9-22-18(26)11(2)29-15-7-5-4-6-13(15)21/h4-7,10-11,14,16-17,25H,3,8-9H2,1-2H3,(H,22,26)(H,23,27,28)/t11?,14-,16+,17+/m0/s1. The molecule has 162 valence electrons. The smallest absolute Gasteiger partial charge is 0.330 e. The first-order chi connectivity index (χ1) is 14.3. The highest BCUT2D eigenvalue weighted by atomic mass is 35.5. The lowest BCUT2D eigenvalue weighted by Gasteiger charge is -2.19. The average molecular weight is 438 g/mol. The molecule has 10 heteroatoms. The van der Waals surface area contributed by atoms with Crippen LogP contribution in [0.3, 0.4) is 0 Å². The van der Waals surface area contributed by atoms with Crippen LogP contribution in [0.15, 0.2) is 40.1 Å². The Labute approximate surface area is 177 Å².